The summed E-state index contributed by atoms with van der Waals surface area (Å²) in [7, 11) is 1.33. The number of amides is 1. The Hall–Kier alpha value is -3.07. The number of aromatic nitrogens is 2. The molecule has 0 spiro atoms. The molecule has 2 aromatic heterocycles. The van der Waals surface area contributed by atoms with Crippen molar-refractivity contribution in [3.63, 3.8) is 0 Å². The van der Waals surface area contributed by atoms with Gasteiger partial charge in [0.1, 0.15) is 18.1 Å². The first-order valence-electron chi connectivity index (χ1n) is 8.41. The van der Waals surface area contributed by atoms with Gasteiger partial charge in [0.05, 0.1) is 29.9 Å². The average Bonchev–Trinajstić information content (AvgIpc) is 3.35. The Kier molecular flexibility index (Phi) is 6.49. The molecule has 8 nitrogen and oxygen atoms in total. The standard InChI is InChI=1S/C19H18BrN3O5/c1-26-19(25)13-2-4-15(5-3-13)27-12-16-6-7-17(28-16)18(24)21-8-9-23-11-14(20)10-22-23/h2-7,10-11H,8-9,12H2,1H3,(H,21,24). The summed E-state index contributed by atoms with van der Waals surface area (Å²) in [5.41, 5.74) is 0.439. The van der Waals surface area contributed by atoms with Crippen LogP contribution in [0.1, 0.15) is 26.7 Å². The number of nitrogens with zero attached hydrogens (tertiary/aromatic N) is 2. The quantitative estimate of drug-likeness (QED) is 0.533. The zero-order chi connectivity index (χ0) is 19.9. The van der Waals surface area contributed by atoms with E-state index in [0.29, 0.717) is 30.2 Å². The molecule has 1 aromatic carbocycles. The monoisotopic (exact) mass is 447 g/mol. The Morgan fingerprint density at radius 3 is 2.68 bits per heavy atom. The highest BCUT2D eigenvalue weighted by Gasteiger charge is 2.11. The number of methoxy groups -OCH3 is 1. The maximum atomic E-state index is 12.1. The topological polar surface area (TPSA) is 95.6 Å². The van der Waals surface area contributed by atoms with Gasteiger partial charge in [0, 0.05) is 12.7 Å². The molecule has 0 aliphatic rings. The minimum atomic E-state index is -0.409. The normalized spacial score (nSPS) is 10.5. The maximum Gasteiger partial charge on any atom is 0.337 e. The molecular formula is C19H18BrN3O5. The van der Waals surface area contributed by atoms with Crippen LogP contribution in [0.2, 0.25) is 0 Å². The predicted molar refractivity (Wildman–Crippen MR) is 103 cm³/mol. The highest BCUT2D eigenvalue weighted by atomic mass is 79.9. The van der Waals surface area contributed by atoms with E-state index in [0.717, 1.165) is 4.47 Å². The van der Waals surface area contributed by atoms with Gasteiger partial charge in [-0.3, -0.25) is 9.48 Å². The molecule has 1 N–H and O–H groups in total. The van der Waals surface area contributed by atoms with Crippen LogP contribution < -0.4 is 10.1 Å². The molecule has 1 amide bonds. The van der Waals surface area contributed by atoms with Gasteiger partial charge in [-0.05, 0) is 52.3 Å². The number of hydrogen-bond acceptors (Lipinski definition) is 6. The van der Waals surface area contributed by atoms with Gasteiger partial charge in [-0.15, -0.1) is 0 Å². The van der Waals surface area contributed by atoms with Crippen molar-refractivity contribution in [1.82, 2.24) is 15.1 Å². The van der Waals surface area contributed by atoms with Crippen molar-refractivity contribution in [2.75, 3.05) is 13.7 Å². The number of benzene rings is 1. The number of carbonyl (C=O) groups is 2. The summed E-state index contributed by atoms with van der Waals surface area (Å²) >= 11 is 3.32. The van der Waals surface area contributed by atoms with Crippen molar-refractivity contribution in [3.8, 4) is 5.75 Å². The van der Waals surface area contributed by atoms with E-state index in [1.165, 1.54) is 7.11 Å². The summed E-state index contributed by atoms with van der Waals surface area (Å²) in [5.74, 6) is 0.577. The summed E-state index contributed by atoms with van der Waals surface area (Å²) in [6.45, 7) is 1.13. The SMILES string of the molecule is COC(=O)c1ccc(OCc2ccc(C(=O)NCCn3cc(Br)cn3)o2)cc1. The van der Waals surface area contributed by atoms with E-state index >= 15 is 0 Å². The highest BCUT2D eigenvalue weighted by molar-refractivity contribution is 9.10. The second kappa shape index (κ2) is 9.23. The molecule has 146 valence electrons. The maximum absolute atomic E-state index is 12.1. The molecule has 0 atom stereocenters. The fourth-order valence-corrected chi connectivity index (χ4v) is 2.70. The van der Waals surface area contributed by atoms with E-state index in [1.807, 2.05) is 6.20 Å². The third-order valence-electron chi connectivity index (χ3n) is 3.77. The van der Waals surface area contributed by atoms with Crippen molar-refractivity contribution in [3.05, 3.63) is 70.3 Å². The first kappa shape index (κ1) is 19.7. The molecule has 0 aliphatic heterocycles. The number of halogens is 1. The summed E-state index contributed by atoms with van der Waals surface area (Å²) in [6.07, 6.45) is 3.51. The highest BCUT2D eigenvalue weighted by Crippen LogP contribution is 2.16. The molecule has 9 heteroatoms. The van der Waals surface area contributed by atoms with Gasteiger partial charge in [-0.1, -0.05) is 0 Å². The summed E-state index contributed by atoms with van der Waals surface area (Å²) < 4.78 is 18.4. The van der Waals surface area contributed by atoms with Crippen molar-refractivity contribution in [1.29, 1.82) is 0 Å². The summed E-state index contributed by atoms with van der Waals surface area (Å²) in [5, 5.41) is 6.89. The molecule has 28 heavy (non-hydrogen) atoms. The number of hydrogen-bond donors (Lipinski definition) is 1. The second-order valence-electron chi connectivity index (χ2n) is 5.75. The van der Waals surface area contributed by atoms with Crippen LogP contribution in [0, 0.1) is 0 Å². The lowest BCUT2D eigenvalue weighted by molar-refractivity contribution is 0.0600. The Morgan fingerprint density at radius 2 is 2.00 bits per heavy atom. The van der Waals surface area contributed by atoms with Crippen LogP contribution in [0.5, 0.6) is 5.75 Å². The van der Waals surface area contributed by atoms with Gasteiger partial charge in [0.15, 0.2) is 5.76 Å². The van der Waals surface area contributed by atoms with E-state index in [1.54, 1.807) is 47.3 Å². The molecule has 0 radical (unpaired) electrons. The van der Waals surface area contributed by atoms with E-state index in [-0.39, 0.29) is 18.3 Å². The Morgan fingerprint density at radius 1 is 1.21 bits per heavy atom. The lowest BCUT2D eigenvalue weighted by Gasteiger charge is -2.05. The van der Waals surface area contributed by atoms with Crippen LogP contribution in [-0.2, 0) is 17.9 Å². The zero-order valence-electron chi connectivity index (χ0n) is 15.1. The van der Waals surface area contributed by atoms with Crippen LogP contribution in [0.15, 0.2) is 57.7 Å². The van der Waals surface area contributed by atoms with Crippen molar-refractivity contribution < 1.29 is 23.5 Å². The smallest absolute Gasteiger partial charge is 0.337 e. The van der Waals surface area contributed by atoms with E-state index in [9.17, 15) is 9.59 Å². The lowest BCUT2D eigenvalue weighted by atomic mass is 10.2. The van der Waals surface area contributed by atoms with Crippen LogP contribution in [-0.4, -0.2) is 35.3 Å². The summed E-state index contributed by atoms with van der Waals surface area (Å²) in [4.78, 5) is 23.5. The van der Waals surface area contributed by atoms with Gasteiger partial charge >= 0.3 is 5.97 Å². The molecule has 0 fully saturated rings. The van der Waals surface area contributed by atoms with Gasteiger partial charge in [0.25, 0.3) is 5.91 Å². The minimum absolute atomic E-state index is 0.159. The molecule has 0 bridgehead atoms. The number of carbonyl (C=O) groups excluding carboxylic acids is 2. The van der Waals surface area contributed by atoms with Crippen LogP contribution in [0.4, 0.5) is 0 Å². The largest absolute Gasteiger partial charge is 0.486 e. The molecule has 0 unspecified atom stereocenters. The Labute approximate surface area is 169 Å². The number of nitrogens with one attached hydrogen (secondary N) is 1. The molecule has 0 saturated heterocycles. The molecule has 2 heterocycles. The van der Waals surface area contributed by atoms with Crippen molar-refractivity contribution >= 4 is 27.8 Å². The predicted octanol–water partition coefficient (Wildman–Crippen LogP) is 3.03. The molecule has 0 aliphatic carbocycles. The average molecular weight is 448 g/mol. The van der Waals surface area contributed by atoms with Crippen LogP contribution in [0.3, 0.4) is 0 Å². The van der Waals surface area contributed by atoms with Gasteiger partial charge in [-0.25, -0.2) is 4.79 Å². The lowest BCUT2D eigenvalue weighted by Crippen LogP contribution is -2.27. The fraction of sp³-hybridized carbons (Fsp3) is 0.211. The third kappa shape index (κ3) is 5.23. The number of ether oxygens (including phenoxy) is 2. The summed E-state index contributed by atoms with van der Waals surface area (Å²) in [6, 6.07) is 9.83. The number of rotatable bonds is 8. The van der Waals surface area contributed by atoms with Gasteiger partial charge in [0.2, 0.25) is 0 Å². The van der Waals surface area contributed by atoms with Crippen LogP contribution >= 0.6 is 15.9 Å². The Bertz CT molecular complexity index is 949. The molecular weight excluding hydrogens is 430 g/mol. The fourth-order valence-electron chi connectivity index (χ4n) is 2.37. The van der Waals surface area contributed by atoms with Crippen molar-refractivity contribution in [2.24, 2.45) is 0 Å². The molecule has 3 aromatic rings. The van der Waals surface area contributed by atoms with Crippen LogP contribution in [0.25, 0.3) is 0 Å². The van der Waals surface area contributed by atoms with Gasteiger partial charge < -0.3 is 19.2 Å². The molecule has 3 rings (SSSR count). The van der Waals surface area contributed by atoms with E-state index in [4.69, 9.17) is 9.15 Å². The molecule has 0 saturated carbocycles. The third-order valence-corrected chi connectivity index (χ3v) is 4.18. The first-order valence-corrected chi connectivity index (χ1v) is 9.20. The first-order chi connectivity index (χ1) is 13.5. The number of furan rings is 1. The second-order valence-corrected chi connectivity index (χ2v) is 6.66. The van der Waals surface area contributed by atoms with Crippen molar-refractivity contribution in [2.45, 2.75) is 13.2 Å². The van der Waals surface area contributed by atoms with E-state index < -0.39 is 5.97 Å². The van der Waals surface area contributed by atoms with Gasteiger partial charge in [-0.2, -0.15) is 5.10 Å². The minimum Gasteiger partial charge on any atom is -0.486 e. The van der Waals surface area contributed by atoms with E-state index in [2.05, 4.69) is 31.1 Å². The Balaban J connectivity index is 1.46. The zero-order valence-corrected chi connectivity index (χ0v) is 16.6. The number of esters is 1.